The number of carbonyl (C=O) groups excluding carboxylic acids is 1. The number of thiophene rings is 1. The summed E-state index contributed by atoms with van der Waals surface area (Å²) >= 11 is 1.80. The average Bonchev–Trinajstić information content (AvgIpc) is 3.16. The molecule has 2 aromatic rings. The number of aryl methyl sites for hydroxylation is 1. The molecule has 3 heterocycles. The zero-order valence-electron chi connectivity index (χ0n) is 12.0. The van der Waals surface area contributed by atoms with Crippen LogP contribution in [0.4, 0.5) is 5.82 Å². The molecule has 1 aliphatic heterocycles. The molecule has 21 heavy (non-hydrogen) atoms. The van der Waals surface area contributed by atoms with Crippen molar-refractivity contribution in [3.63, 3.8) is 0 Å². The van der Waals surface area contributed by atoms with Gasteiger partial charge in [-0.1, -0.05) is 11.2 Å². The van der Waals surface area contributed by atoms with E-state index in [0.29, 0.717) is 24.0 Å². The van der Waals surface area contributed by atoms with Crippen molar-refractivity contribution in [3.8, 4) is 0 Å². The van der Waals surface area contributed by atoms with E-state index >= 15 is 0 Å². The van der Waals surface area contributed by atoms with Gasteiger partial charge in [0.25, 0.3) is 0 Å². The summed E-state index contributed by atoms with van der Waals surface area (Å²) in [5, 5.41) is 8.66. The number of rotatable bonds is 5. The van der Waals surface area contributed by atoms with Crippen LogP contribution in [0.2, 0.25) is 0 Å². The maximum atomic E-state index is 12.0. The number of nitrogens with zero attached hydrogens (tertiary/aromatic N) is 2. The molecule has 6 heteroatoms. The number of likely N-dealkylation sites (tertiary alicyclic amines) is 1. The number of anilines is 1. The second kappa shape index (κ2) is 6.41. The highest BCUT2D eigenvalue weighted by atomic mass is 32.1. The summed E-state index contributed by atoms with van der Waals surface area (Å²) in [4.78, 5) is 15.8. The molecule has 0 bridgehead atoms. The summed E-state index contributed by atoms with van der Waals surface area (Å²) in [5.74, 6) is 1.18. The normalized spacial score (nSPS) is 19.0. The van der Waals surface area contributed by atoms with E-state index in [1.807, 2.05) is 0 Å². The molecule has 0 aliphatic carbocycles. The Hall–Kier alpha value is -1.66. The summed E-state index contributed by atoms with van der Waals surface area (Å²) in [5.41, 5.74) is 0. The molecule has 1 amide bonds. The van der Waals surface area contributed by atoms with E-state index < -0.39 is 0 Å². The summed E-state index contributed by atoms with van der Waals surface area (Å²) < 4.78 is 4.94. The predicted molar refractivity (Wildman–Crippen MR) is 82.4 cm³/mol. The second-order valence-corrected chi connectivity index (χ2v) is 6.31. The van der Waals surface area contributed by atoms with Gasteiger partial charge in [-0.05, 0) is 37.8 Å². The molecule has 1 fully saturated rings. The lowest BCUT2D eigenvalue weighted by Crippen LogP contribution is -2.27. The molecule has 1 saturated heterocycles. The van der Waals surface area contributed by atoms with Gasteiger partial charge >= 0.3 is 0 Å². The molecule has 0 saturated carbocycles. The first-order valence-corrected chi connectivity index (χ1v) is 8.11. The first-order valence-electron chi connectivity index (χ1n) is 7.23. The molecular formula is C15H19N3O2S. The van der Waals surface area contributed by atoms with Crippen LogP contribution in [0.25, 0.3) is 0 Å². The van der Waals surface area contributed by atoms with Gasteiger partial charge < -0.3 is 9.84 Å². The molecule has 1 atom stereocenters. The highest BCUT2D eigenvalue weighted by molar-refractivity contribution is 7.10. The molecule has 112 valence electrons. The van der Waals surface area contributed by atoms with Gasteiger partial charge in [-0.15, -0.1) is 11.3 Å². The molecule has 3 rings (SSSR count). The van der Waals surface area contributed by atoms with Crippen LogP contribution < -0.4 is 5.32 Å². The quantitative estimate of drug-likeness (QED) is 0.921. The Balaban J connectivity index is 1.51. The number of amides is 1. The van der Waals surface area contributed by atoms with Gasteiger partial charge in [0, 0.05) is 30.0 Å². The van der Waals surface area contributed by atoms with Gasteiger partial charge in [-0.3, -0.25) is 9.69 Å². The van der Waals surface area contributed by atoms with E-state index in [-0.39, 0.29) is 5.91 Å². The SMILES string of the molecule is Cc1cc(NC(=O)CCN2CCCC2c2cccs2)no1. The van der Waals surface area contributed by atoms with Crippen LogP contribution in [0.1, 0.15) is 35.9 Å². The van der Waals surface area contributed by atoms with Gasteiger partial charge in [-0.25, -0.2) is 0 Å². The molecule has 1 aliphatic rings. The minimum Gasteiger partial charge on any atom is -0.360 e. The fourth-order valence-electron chi connectivity index (χ4n) is 2.77. The number of hydrogen-bond donors (Lipinski definition) is 1. The standard InChI is InChI=1S/C15H19N3O2S/c1-11-10-14(17-20-11)16-15(19)6-8-18-7-2-4-12(18)13-5-3-9-21-13/h3,5,9-10,12H,2,4,6-8H2,1H3,(H,16,17,19). The number of hydrogen-bond acceptors (Lipinski definition) is 5. The largest absolute Gasteiger partial charge is 0.360 e. The number of aromatic nitrogens is 1. The molecule has 0 aromatic carbocycles. The zero-order valence-corrected chi connectivity index (χ0v) is 12.9. The van der Waals surface area contributed by atoms with E-state index in [2.05, 4.69) is 32.9 Å². The van der Waals surface area contributed by atoms with Crippen molar-refractivity contribution in [1.29, 1.82) is 0 Å². The third kappa shape index (κ3) is 3.51. The van der Waals surface area contributed by atoms with Gasteiger partial charge in [0.15, 0.2) is 5.82 Å². The molecule has 1 unspecified atom stereocenters. The van der Waals surface area contributed by atoms with Crippen LogP contribution in [0.15, 0.2) is 28.1 Å². The van der Waals surface area contributed by atoms with Crippen molar-refractivity contribution in [2.45, 2.75) is 32.2 Å². The molecule has 1 N–H and O–H groups in total. The zero-order chi connectivity index (χ0) is 14.7. The lowest BCUT2D eigenvalue weighted by Gasteiger charge is -2.23. The van der Waals surface area contributed by atoms with Gasteiger partial charge in [-0.2, -0.15) is 0 Å². The summed E-state index contributed by atoms with van der Waals surface area (Å²) in [6.45, 7) is 3.66. The van der Waals surface area contributed by atoms with E-state index in [0.717, 1.165) is 13.1 Å². The number of nitrogens with one attached hydrogen (secondary N) is 1. The molecular weight excluding hydrogens is 286 g/mol. The lowest BCUT2D eigenvalue weighted by atomic mass is 10.2. The predicted octanol–water partition coefficient (Wildman–Crippen LogP) is 3.21. The summed E-state index contributed by atoms with van der Waals surface area (Å²) in [6.07, 6.45) is 2.87. The van der Waals surface area contributed by atoms with Crippen molar-refractivity contribution in [2.24, 2.45) is 0 Å². The van der Waals surface area contributed by atoms with Crippen LogP contribution in [-0.2, 0) is 4.79 Å². The van der Waals surface area contributed by atoms with Crippen molar-refractivity contribution in [2.75, 3.05) is 18.4 Å². The molecule has 0 spiro atoms. The van der Waals surface area contributed by atoms with Crippen molar-refractivity contribution in [1.82, 2.24) is 10.1 Å². The Morgan fingerprint density at radius 2 is 2.52 bits per heavy atom. The minimum absolute atomic E-state index is 0.0138. The van der Waals surface area contributed by atoms with E-state index in [1.165, 1.54) is 17.7 Å². The van der Waals surface area contributed by atoms with E-state index in [4.69, 9.17) is 4.52 Å². The maximum Gasteiger partial charge on any atom is 0.226 e. The smallest absolute Gasteiger partial charge is 0.226 e. The van der Waals surface area contributed by atoms with Crippen LogP contribution in [0, 0.1) is 6.92 Å². The summed E-state index contributed by atoms with van der Waals surface area (Å²) in [7, 11) is 0. The highest BCUT2D eigenvalue weighted by Gasteiger charge is 2.26. The van der Waals surface area contributed by atoms with E-state index in [1.54, 1.807) is 24.3 Å². The Morgan fingerprint density at radius 3 is 3.24 bits per heavy atom. The summed E-state index contributed by atoms with van der Waals surface area (Å²) in [6, 6.07) is 6.48. The number of carbonyl (C=O) groups is 1. The maximum absolute atomic E-state index is 12.0. The Labute approximate surface area is 127 Å². The van der Waals surface area contributed by atoms with E-state index in [9.17, 15) is 4.79 Å². The molecule has 5 nitrogen and oxygen atoms in total. The van der Waals surface area contributed by atoms with Gasteiger partial charge in [0.05, 0.1) is 0 Å². The average molecular weight is 305 g/mol. The lowest BCUT2D eigenvalue weighted by molar-refractivity contribution is -0.116. The van der Waals surface area contributed by atoms with Crippen molar-refractivity contribution >= 4 is 23.1 Å². The van der Waals surface area contributed by atoms with Crippen LogP contribution in [0.3, 0.4) is 0 Å². The first-order chi connectivity index (χ1) is 10.2. The third-order valence-electron chi connectivity index (χ3n) is 3.76. The van der Waals surface area contributed by atoms with Gasteiger partial charge in [0.1, 0.15) is 5.76 Å². The Kier molecular flexibility index (Phi) is 4.36. The third-order valence-corrected chi connectivity index (χ3v) is 4.73. The highest BCUT2D eigenvalue weighted by Crippen LogP contribution is 2.34. The monoisotopic (exact) mass is 305 g/mol. The van der Waals surface area contributed by atoms with Gasteiger partial charge in [0.2, 0.25) is 5.91 Å². The van der Waals surface area contributed by atoms with Crippen molar-refractivity contribution < 1.29 is 9.32 Å². The fraction of sp³-hybridized carbons (Fsp3) is 0.467. The molecule has 0 radical (unpaired) electrons. The molecule has 2 aromatic heterocycles. The van der Waals surface area contributed by atoms with Crippen molar-refractivity contribution in [3.05, 3.63) is 34.2 Å². The van der Waals surface area contributed by atoms with Crippen LogP contribution >= 0.6 is 11.3 Å². The minimum atomic E-state index is -0.0138. The Bertz CT molecular complexity index is 594. The topological polar surface area (TPSA) is 58.4 Å². The Morgan fingerprint density at radius 1 is 1.62 bits per heavy atom. The first kappa shape index (κ1) is 14.3. The fourth-order valence-corrected chi connectivity index (χ4v) is 3.67. The second-order valence-electron chi connectivity index (χ2n) is 5.33. The van der Waals surface area contributed by atoms with Crippen LogP contribution in [-0.4, -0.2) is 29.1 Å². The van der Waals surface area contributed by atoms with Crippen LogP contribution in [0.5, 0.6) is 0 Å².